The Morgan fingerprint density at radius 2 is 1.96 bits per heavy atom. The van der Waals surface area contributed by atoms with E-state index in [-0.39, 0.29) is 29.6 Å². The Bertz CT molecular complexity index is 759. The number of nitrogens with zero attached hydrogens (tertiary/aromatic N) is 1. The van der Waals surface area contributed by atoms with Gasteiger partial charge in [-0.1, -0.05) is 12.1 Å². The van der Waals surface area contributed by atoms with Gasteiger partial charge in [0.25, 0.3) is 0 Å². The van der Waals surface area contributed by atoms with Crippen molar-refractivity contribution < 1.29 is 19.1 Å². The van der Waals surface area contributed by atoms with Gasteiger partial charge in [0, 0.05) is 25.4 Å². The van der Waals surface area contributed by atoms with Crippen LogP contribution in [0.4, 0.5) is 5.69 Å². The van der Waals surface area contributed by atoms with Crippen molar-refractivity contribution in [2.24, 2.45) is 0 Å². The van der Waals surface area contributed by atoms with E-state index < -0.39 is 0 Å². The number of amides is 1. The van der Waals surface area contributed by atoms with Crippen LogP contribution in [0.2, 0.25) is 0 Å². The van der Waals surface area contributed by atoms with Crippen molar-refractivity contribution >= 4 is 28.3 Å². The number of hydrogen-bond acceptors (Lipinski definition) is 5. The molecule has 1 amide bonds. The van der Waals surface area contributed by atoms with Crippen molar-refractivity contribution in [1.29, 1.82) is 0 Å². The van der Waals surface area contributed by atoms with E-state index in [1.807, 2.05) is 30.0 Å². The Morgan fingerprint density at radius 3 is 2.62 bits per heavy atom. The van der Waals surface area contributed by atoms with Crippen LogP contribution in [-0.4, -0.2) is 46.9 Å². The number of para-hydroxylation sites is 1. The number of hydrogen-bond donors (Lipinski definition) is 2. The summed E-state index contributed by atoms with van der Waals surface area (Å²) in [5, 5.41) is 13.2. The van der Waals surface area contributed by atoms with Crippen molar-refractivity contribution in [1.82, 2.24) is 4.90 Å². The van der Waals surface area contributed by atoms with Gasteiger partial charge >= 0.3 is 0 Å². The normalized spacial score (nSPS) is 17.8. The van der Waals surface area contributed by atoms with Gasteiger partial charge in [0.15, 0.2) is 11.5 Å². The summed E-state index contributed by atoms with van der Waals surface area (Å²) in [7, 11) is 0. The van der Waals surface area contributed by atoms with Gasteiger partial charge in [-0.25, -0.2) is 0 Å². The molecule has 0 saturated carbocycles. The topological polar surface area (TPSA) is 82.8 Å². The summed E-state index contributed by atoms with van der Waals surface area (Å²) in [6.07, 6.45) is 1.06. The molecule has 2 heterocycles. The molecule has 0 aliphatic carbocycles. The number of Topliss-reactive ketones (excluding diaryl/α,β-unsaturated/α-hetero) is 1. The molecule has 6 nitrogen and oxygen atoms in total. The van der Waals surface area contributed by atoms with Crippen LogP contribution < -0.4 is 5.32 Å². The molecule has 1 fully saturated rings. The molecule has 2 N–H and O–H groups in total. The Hall–Kier alpha value is -2.18. The van der Waals surface area contributed by atoms with Crippen molar-refractivity contribution in [2.75, 3.05) is 18.4 Å². The maximum atomic E-state index is 12.6. The predicted octanol–water partition coefficient (Wildman–Crippen LogP) is 2.42. The van der Waals surface area contributed by atoms with E-state index >= 15 is 0 Å². The lowest BCUT2D eigenvalue weighted by Gasteiger charge is -2.33. The van der Waals surface area contributed by atoms with E-state index in [1.54, 1.807) is 6.07 Å². The molecule has 24 heavy (non-hydrogen) atoms. The molecular weight excluding hydrogens is 308 g/mol. The lowest BCUT2D eigenvalue weighted by atomic mass is 10.1. The molecule has 1 aromatic carbocycles. The number of nitrogens with one attached hydrogen (secondary N) is 1. The number of ketones is 1. The maximum absolute atomic E-state index is 12.6. The molecule has 1 saturated heterocycles. The molecule has 3 rings (SSSR count). The Balaban J connectivity index is 1.82. The van der Waals surface area contributed by atoms with Gasteiger partial charge in [-0.15, -0.1) is 0 Å². The second-order valence-corrected chi connectivity index (χ2v) is 6.29. The molecule has 0 spiro atoms. The van der Waals surface area contributed by atoms with E-state index in [0.29, 0.717) is 37.2 Å². The first-order valence-corrected chi connectivity index (χ1v) is 8.23. The lowest BCUT2D eigenvalue weighted by molar-refractivity contribution is -0.121. The van der Waals surface area contributed by atoms with E-state index in [9.17, 15) is 14.7 Å². The quantitative estimate of drug-likeness (QED) is 0.841. The van der Waals surface area contributed by atoms with E-state index in [0.717, 1.165) is 5.39 Å². The number of anilines is 1. The largest absolute Gasteiger partial charge is 0.451 e. The van der Waals surface area contributed by atoms with Crippen LogP contribution in [0, 0.1) is 0 Å². The molecule has 0 radical (unpaired) electrons. The average Bonchev–Trinajstić information content (AvgIpc) is 2.94. The van der Waals surface area contributed by atoms with E-state index in [1.165, 1.54) is 6.92 Å². The molecule has 2 aromatic rings. The molecule has 1 atom stereocenters. The smallest absolute Gasteiger partial charge is 0.241 e. The van der Waals surface area contributed by atoms with Gasteiger partial charge in [0.05, 0.1) is 17.8 Å². The summed E-state index contributed by atoms with van der Waals surface area (Å²) in [6, 6.07) is 6.91. The van der Waals surface area contributed by atoms with Gasteiger partial charge < -0.3 is 14.8 Å². The number of carbonyl (C=O) groups excluding carboxylic acids is 2. The highest BCUT2D eigenvalue weighted by molar-refractivity contribution is 6.11. The van der Waals surface area contributed by atoms with Gasteiger partial charge in [-0.05, 0) is 31.9 Å². The lowest BCUT2D eigenvalue weighted by Crippen LogP contribution is -2.47. The summed E-state index contributed by atoms with van der Waals surface area (Å²) in [5.74, 6) is -0.235. The highest BCUT2D eigenvalue weighted by atomic mass is 16.3. The standard InChI is InChI=1S/C18H22N2O4/c1-11(20-9-7-13(22)8-10-20)18(23)19-16-14-5-3-4-6-15(14)24-17(16)12(2)21/h3-6,11,13,22H,7-10H2,1-2H3,(H,19,23)/t11-/m1/s1. The number of likely N-dealkylation sites (tertiary alicyclic amines) is 1. The molecule has 1 aliphatic rings. The van der Waals surface area contributed by atoms with Crippen molar-refractivity contribution in [3.63, 3.8) is 0 Å². The van der Waals surface area contributed by atoms with Gasteiger partial charge in [0.2, 0.25) is 5.91 Å². The number of rotatable bonds is 4. The van der Waals surface area contributed by atoms with Crippen molar-refractivity contribution in [3.05, 3.63) is 30.0 Å². The number of aliphatic hydroxyl groups excluding tert-OH is 1. The van der Waals surface area contributed by atoms with Crippen LogP contribution in [0.3, 0.4) is 0 Å². The van der Waals surface area contributed by atoms with Gasteiger partial charge in [-0.3, -0.25) is 14.5 Å². The zero-order valence-corrected chi connectivity index (χ0v) is 13.9. The number of fused-ring (bicyclic) bond motifs is 1. The highest BCUT2D eigenvalue weighted by Gasteiger charge is 2.27. The Morgan fingerprint density at radius 1 is 1.29 bits per heavy atom. The van der Waals surface area contributed by atoms with Crippen molar-refractivity contribution in [2.45, 2.75) is 38.8 Å². The zero-order valence-electron chi connectivity index (χ0n) is 13.9. The van der Waals surface area contributed by atoms with E-state index in [2.05, 4.69) is 5.32 Å². The predicted molar refractivity (Wildman–Crippen MR) is 91.1 cm³/mol. The van der Waals surface area contributed by atoms with E-state index in [4.69, 9.17) is 4.42 Å². The second kappa shape index (κ2) is 6.75. The minimum atomic E-state index is -0.342. The fourth-order valence-corrected chi connectivity index (χ4v) is 3.08. The first kappa shape index (κ1) is 16.7. The second-order valence-electron chi connectivity index (χ2n) is 6.29. The number of furan rings is 1. The van der Waals surface area contributed by atoms with Crippen LogP contribution in [0.25, 0.3) is 11.0 Å². The number of benzene rings is 1. The summed E-state index contributed by atoms with van der Waals surface area (Å²) in [6.45, 7) is 4.62. The molecule has 128 valence electrons. The molecule has 6 heteroatoms. The number of aliphatic hydroxyl groups is 1. The first-order chi connectivity index (χ1) is 11.5. The Kier molecular flexibility index (Phi) is 4.69. The summed E-state index contributed by atoms with van der Waals surface area (Å²) < 4.78 is 5.59. The van der Waals surface area contributed by atoms with Crippen LogP contribution >= 0.6 is 0 Å². The number of piperidine rings is 1. The average molecular weight is 330 g/mol. The molecule has 0 bridgehead atoms. The molecular formula is C18H22N2O4. The van der Waals surface area contributed by atoms with Crippen LogP contribution in [0.15, 0.2) is 28.7 Å². The third-order valence-corrected chi connectivity index (χ3v) is 4.59. The third-order valence-electron chi connectivity index (χ3n) is 4.59. The van der Waals surface area contributed by atoms with Crippen LogP contribution in [-0.2, 0) is 4.79 Å². The summed E-state index contributed by atoms with van der Waals surface area (Å²) in [4.78, 5) is 26.5. The highest BCUT2D eigenvalue weighted by Crippen LogP contribution is 2.31. The molecule has 1 aromatic heterocycles. The van der Waals surface area contributed by atoms with Crippen LogP contribution in [0.1, 0.15) is 37.2 Å². The number of carbonyl (C=O) groups is 2. The zero-order chi connectivity index (χ0) is 17.3. The van der Waals surface area contributed by atoms with Crippen LogP contribution in [0.5, 0.6) is 0 Å². The monoisotopic (exact) mass is 330 g/mol. The molecule has 0 unspecified atom stereocenters. The minimum Gasteiger partial charge on any atom is -0.451 e. The fraction of sp³-hybridized carbons (Fsp3) is 0.444. The Labute approximate surface area is 140 Å². The van der Waals surface area contributed by atoms with Gasteiger partial charge in [-0.2, -0.15) is 0 Å². The summed E-state index contributed by atoms with van der Waals surface area (Å²) >= 11 is 0. The fourth-order valence-electron chi connectivity index (χ4n) is 3.08. The first-order valence-electron chi connectivity index (χ1n) is 8.23. The SMILES string of the molecule is CC(=O)c1oc2ccccc2c1NC(=O)[C@@H](C)N1CCC(O)CC1. The summed E-state index contributed by atoms with van der Waals surface area (Å²) in [5.41, 5.74) is 1.01. The maximum Gasteiger partial charge on any atom is 0.241 e. The molecule has 1 aliphatic heterocycles. The third kappa shape index (κ3) is 3.20. The van der Waals surface area contributed by atoms with Crippen molar-refractivity contribution in [3.8, 4) is 0 Å². The minimum absolute atomic E-state index is 0.172. The van der Waals surface area contributed by atoms with Gasteiger partial charge in [0.1, 0.15) is 5.58 Å².